The van der Waals surface area contributed by atoms with Crippen molar-refractivity contribution in [3.05, 3.63) is 57.6 Å². The number of carbonyl (C=O) groups is 2. The molecule has 1 atom stereocenters. The number of hydrogen-bond donors (Lipinski definition) is 1. The van der Waals surface area contributed by atoms with Crippen molar-refractivity contribution < 1.29 is 9.59 Å². The van der Waals surface area contributed by atoms with Crippen LogP contribution in [0.5, 0.6) is 0 Å². The standard InChI is InChI=1S/C18H16Cl2N2O2/c1-10-6-7-12(8-11(10)2)22-16(23)9-15(18(22)24)21-14-5-3-4-13(19)17(14)20/h3-8,15,21H,9H2,1-2H3. The van der Waals surface area contributed by atoms with Crippen LogP contribution < -0.4 is 10.2 Å². The molecule has 1 N–H and O–H groups in total. The Bertz CT molecular complexity index is 836. The Morgan fingerprint density at radius 2 is 1.83 bits per heavy atom. The van der Waals surface area contributed by atoms with Gasteiger partial charge in [-0.25, -0.2) is 4.90 Å². The van der Waals surface area contributed by atoms with Gasteiger partial charge in [0.1, 0.15) is 6.04 Å². The van der Waals surface area contributed by atoms with Crippen LogP contribution in [0.1, 0.15) is 17.5 Å². The molecule has 2 aromatic carbocycles. The fourth-order valence-electron chi connectivity index (χ4n) is 2.68. The lowest BCUT2D eigenvalue weighted by molar-refractivity contribution is -0.121. The van der Waals surface area contributed by atoms with Gasteiger partial charge in [0, 0.05) is 0 Å². The highest BCUT2D eigenvalue weighted by atomic mass is 35.5. The summed E-state index contributed by atoms with van der Waals surface area (Å²) in [6.07, 6.45) is 0.0780. The molecule has 1 aliphatic heterocycles. The summed E-state index contributed by atoms with van der Waals surface area (Å²) in [4.78, 5) is 26.2. The lowest BCUT2D eigenvalue weighted by Crippen LogP contribution is -2.34. The molecule has 0 radical (unpaired) electrons. The van der Waals surface area contributed by atoms with E-state index in [2.05, 4.69) is 5.32 Å². The Morgan fingerprint density at radius 3 is 2.54 bits per heavy atom. The maximum absolute atomic E-state index is 12.7. The van der Waals surface area contributed by atoms with E-state index >= 15 is 0 Å². The SMILES string of the molecule is Cc1ccc(N2C(=O)CC(Nc3cccc(Cl)c3Cl)C2=O)cc1C. The third-order valence-electron chi connectivity index (χ3n) is 4.18. The Hall–Kier alpha value is -2.04. The number of carbonyl (C=O) groups excluding carboxylic acids is 2. The minimum absolute atomic E-state index is 0.0780. The fourth-order valence-corrected chi connectivity index (χ4v) is 3.04. The molecule has 0 aliphatic carbocycles. The van der Waals surface area contributed by atoms with Crippen LogP contribution in [-0.2, 0) is 9.59 Å². The Kier molecular flexibility index (Phi) is 4.52. The van der Waals surface area contributed by atoms with Crippen molar-refractivity contribution in [3.63, 3.8) is 0 Å². The highest BCUT2D eigenvalue weighted by Crippen LogP contribution is 2.32. The van der Waals surface area contributed by atoms with Gasteiger partial charge in [-0.15, -0.1) is 0 Å². The van der Waals surface area contributed by atoms with E-state index in [1.807, 2.05) is 26.0 Å². The normalized spacial score (nSPS) is 17.5. The molecule has 0 bridgehead atoms. The molecule has 124 valence electrons. The van der Waals surface area contributed by atoms with Crippen LogP contribution in [0.2, 0.25) is 10.0 Å². The van der Waals surface area contributed by atoms with Gasteiger partial charge in [-0.3, -0.25) is 9.59 Å². The van der Waals surface area contributed by atoms with Crippen LogP contribution in [-0.4, -0.2) is 17.9 Å². The van der Waals surface area contributed by atoms with Crippen LogP contribution in [0.25, 0.3) is 0 Å². The molecule has 1 saturated heterocycles. The van der Waals surface area contributed by atoms with E-state index in [1.54, 1.807) is 24.3 Å². The third-order valence-corrected chi connectivity index (χ3v) is 5.00. The monoisotopic (exact) mass is 362 g/mol. The van der Waals surface area contributed by atoms with Crippen molar-refractivity contribution in [1.29, 1.82) is 0 Å². The molecular weight excluding hydrogens is 347 g/mol. The average Bonchev–Trinajstić information content (AvgIpc) is 2.81. The second-order valence-electron chi connectivity index (χ2n) is 5.84. The Morgan fingerprint density at radius 1 is 1.08 bits per heavy atom. The van der Waals surface area contributed by atoms with Crippen LogP contribution in [0, 0.1) is 13.8 Å². The Labute approximate surface area is 150 Å². The Balaban J connectivity index is 1.86. The van der Waals surface area contributed by atoms with Crippen molar-refractivity contribution in [2.24, 2.45) is 0 Å². The molecule has 2 aromatic rings. The molecule has 0 saturated carbocycles. The maximum atomic E-state index is 12.7. The van der Waals surface area contributed by atoms with Crippen LogP contribution in [0.15, 0.2) is 36.4 Å². The fraction of sp³-hybridized carbons (Fsp3) is 0.222. The summed E-state index contributed by atoms with van der Waals surface area (Å²) in [5.74, 6) is -0.529. The first-order valence-corrected chi connectivity index (χ1v) is 8.28. The van der Waals surface area contributed by atoms with Gasteiger partial charge in [0.05, 0.1) is 27.8 Å². The maximum Gasteiger partial charge on any atom is 0.256 e. The molecule has 24 heavy (non-hydrogen) atoms. The molecule has 0 spiro atoms. The van der Waals surface area contributed by atoms with Gasteiger partial charge in [-0.2, -0.15) is 0 Å². The van der Waals surface area contributed by atoms with Crippen molar-refractivity contribution in [2.75, 3.05) is 10.2 Å². The molecule has 1 heterocycles. The molecule has 6 heteroatoms. The number of anilines is 2. The van der Waals surface area contributed by atoms with Crippen molar-refractivity contribution in [3.8, 4) is 0 Å². The van der Waals surface area contributed by atoms with E-state index in [0.717, 1.165) is 11.1 Å². The van der Waals surface area contributed by atoms with Crippen molar-refractivity contribution in [1.82, 2.24) is 0 Å². The quantitative estimate of drug-likeness (QED) is 0.825. The summed E-state index contributed by atoms with van der Waals surface area (Å²) in [5, 5.41) is 3.76. The van der Waals surface area contributed by atoms with E-state index in [0.29, 0.717) is 21.4 Å². The highest BCUT2D eigenvalue weighted by Gasteiger charge is 2.39. The first-order chi connectivity index (χ1) is 11.4. The lowest BCUT2D eigenvalue weighted by atomic mass is 10.1. The number of halogens is 2. The predicted molar refractivity (Wildman–Crippen MR) is 96.9 cm³/mol. The van der Waals surface area contributed by atoms with Gasteiger partial charge in [0.2, 0.25) is 5.91 Å². The van der Waals surface area contributed by atoms with Gasteiger partial charge < -0.3 is 5.32 Å². The van der Waals surface area contributed by atoms with Gasteiger partial charge >= 0.3 is 0 Å². The van der Waals surface area contributed by atoms with Gasteiger partial charge in [-0.05, 0) is 49.2 Å². The van der Waals surface area contributed by atoms with Crippen molar-refractivity contribution in [2.45, 2.75) is 26.3 Å². The number of nitrogens with zero attached hydrogens (tertiary/aromatic N) is 1. The van der Waals surface area contributed by atoms with Gasteiger partial charge in [0.25, 0.3) is 5.91 Å². The largest absolute Gasteiger partial charge is 0.372 e. The zero-order valence-corrected chi connectivity index (χ0v) is 14.8. The zero-order chi connectivity index (χ0) is 17.4. The summed E-state index contributed by atoms with van der Waals surface area (Å²) in [6, 6.07) is 10.0. The summed E-state index contributed by atoms with van der Waals surface area (Å²) in [6.45, 7) is 3.93. The number of imide groups is 1. The summed E-state index contributed by atoms with van der Waals surface area (Å²) in [5.41, 5.74) is 3.27. The second-order valence-corrected chi connectivity index (χ2v) is 6.62. The van der Waals surface area contributed by atoms with Crippen LogP contribution in [0.4, 0.5) is 11.4 Å². The molecule has 2 amide bonds. The molecule has 3 rings (SSSR count). The van der Waals surface area contributed by atoms with E-state index in [9.17, 15) is 9.59 Å². The van der Waals surface area contributed by atoms with E-state index in [4.69, 9.17) is 23.2 Å². The minimum Gasteiger partial charge on any atom is -0.372 e. The van der Waals surface area contributed by atoms with Gasteiger partial charge in [0.15, 0.2) is 0 Å². The number of aryl methyl sites for hydroxylation is 2. The topological polar surface area (TPSA) is 49.4 Å². The number of hydrogen-bond acceptors (Lipinski definition) is 3. The van der Waals surface area contributed by atoms with E-state index in [-0.39, 0.29) is 18.2 Å². The van der Waals surface area contributed by atoms with E-state index < -0.39 is 6.04 Å². The van der Waals surface area contributed by atoms with Gasteiger partial charge in [-0.1, -0.05) is 35.3 Å². The summed E-state index contributed by atoms with van der Waals surface area (Å²) in [7, 11) is 0. The second kappa shape index (κ2) is 6.46. The molecule has 1 aliphatic rings. The smallest absolute Gasteiger partial charge is 0.256 e. The molecule has 4 nitrogen and oxygen atoms in total. The van der Waals surface area contributed by atoms with Crippen molar-refractivity contribution >= 4 is 46.4 Å². The lowest BCUT2D eigenvalue weighted by Gasteiger charge is -2.17. The molecule has 1 unspecified atom stereocenters. The molecule has 1 fully saturated rings. The van der Waals surface area contributed by atoms with Crippen LogP contribution >= 0.6 is 23.2 Å². The first-order valence-electron chi connectivity index (χ1n) is 7.53. The zero-order valence-electron chi connectivity index (χ0n) is 13.3. The highest BCUT2D eigenvalue weighted by molar-refractivity contribution is 6.43. The number of nitrogens with one attached hydrogen (secondary N) is 1. The molecule has 0 aromatic heterocycles. The van der Waals surface area contributed by atoms with E-state index in [1.165, 1.54) is 4.90 Å². The molecular formula is C18H16Cl2N2O2. The average molecular weight is 363 g/mol. The number of benzene rings is 2. The minimum atomic E-state index is -0.657. The summed E-state index contributed by atoms with van der Waals surface area (Å²) >= 11 is 12.1. The number of rotatable bonds is 3. The predicted octanol–water partition coefficient (Wildman–Crippen LogP) is 4.35. The van der Waals surface area contributed by atoms with Crippen LogP contribution in [0.3, 0.4) is 0 Å². The third kappa shape index (κ3) is 2.99. The first kappa shape index (κ1) is 16.8. The number of amides is 2. The summed E-state index contributed by atoms with van der Waals surface area (Å²) < 4.78 is 0.